The van der Waals surface area contributed by atoms with Gasteiger partial charge >= 0.3 is 5.82 Å². The van der Waals surface area contributed by atoms with Gasteiger partial charge in [0.2, 0.25) is 0 Å². The van der Waals surface area contributed by atoms with Crippen molar-refractivity contribution >= 4 is 17.4 Å². The Balaban J connectivity index is 3.21. The summed E-state index contributed by atoms with van der Waals surface area (Å²) in [6, 6.07) is 4.13. The molecule has 6 heteroatoms. The molecule has 1 aromatic heterocycles. The standard InChI is InChI=1S/C6H2ClN3O2/c7-6-4(3-8)1-2-5(9-6)10(11)12/h1-2H. The number of rotatable bonds is 1. The van der Waals surface area contributed by atoms with Gasteiger partial charge in [0, 0.05) is 6.07 Å². The highest BCUT2D eigenvalue weighted by atomic mass is 35.5. The minimum atomic E-state index is -0.674. The van der Waals surface area contributed by atoms with E-state index in [1.54, 1.807) is 6.07 Å². The van der Waals surface area contributed by atoms with Crippen LogP contribution in [0.15, 0.2) is 12.1 Å². The second-order valence-electron chi connectivity index (χ2n) is 1.88. The molecule has 0 unspecified atom stereocenters. The third-order valence-electron chi connectivity index (χ3n) is 1.14. The van der Waals surface area contributed by atoms with Crippen LogP contribution in [0.2, 0.25) is 5.15 Å². The zero-order valence-electron chi connectivity index (χ0n) is 5.69. The summed E-state index contributed by atoms with van der Waals surface area (Å²) in [6.07, 6.45) is 0. The molecule has 1 rings (SSSR count). The van der Waals surface area contributed by atoms with Crippen molar-refractivity contribution in [1.29, 1.82) is 5.26 Å². The molecule has 60 valence electrons. The average Bonchev–Trinajstić information content (AvgIpc) is 2.04. The predicted molar refractivity (Wildman–Crippen MR) is 40.6 cm³/mol. The van der Waals surface area contributed by atoms with Crippen molar-refractivity contribution in [2.75, 3.05) is 0 Å². The third kappa shape index (κ3) is 1.49. The highest BCUT2D eigenvalue weighted by Gasteiger charge is 2.12. The zero-order chi connectivity index (χ0) is 9.14. The van der Waals surface area contributed by atoms with E-state index in [4.69, 9.17) is 16.9 Å². The highest BCUT2D eigenvalue weighted by Crippen LogP contribution is 2.16. The Hall–Kier alpha value is -1.67. The van der Waals surface area contributed by atoms with Crippen molar-refractivity contribution in [1.82, 2.24) is 4.98 Å². The summed E-state index contributed by atoms with van der Waals surface area (Å²) in [6.45, 7) is 0. The lowest BCUT2D eigenvalue weighted by molar-refractivity contribution is -0.389. The smallest absolute Gasteiger partial charge is 0.358 e. The van der Waals surface area contributed by atoms with Crippen LogP contribution in [-0.2, 0) is 0 Å². The molecule has 0 bridgehead atoms. The van der Waals surface area contributed by atoms with Gasteiger partial charge in [0.1, 0.15) is 11.6 Å². The summed E-state index contributed by atoms with van der Waals surface area (Å²) in [5, 5.41) is 18.4. The van der Waals surface area contributed by atoms with Crippen molar-refractivity contribution in [3.05, 3.63) is 33.0 Å². The fraction of sp³-hybridized carbons (Fsp3) is 0. The summed E-state index contributed by atoms with van der Waals surface area (Å²) < 4.78 is 0. The van der Waals surface area contributed by atoms with Crippen LogP contribution in [0, 0.1) is 21.4 Å². The Morgan fingerprint density at radius 1 is 1.67 bits per heavy atom. The van der Waals surface area contributed by atoms with Gasteiger partial charge in [-0.1, -0.05) is 0 Å². The van der Waals surface area contributed by atoms with Gasteiger partial charge in [0.25, 0.3) is 5.15 Å². The van der Waals surface area contributed by atoms with Crippen molar-refractivity contribution in [2.24, 2.45) is 0 Å². The Kier molecular flexibility index (Phi) is 2.21. The van der Waals surface area contributed by atoms with E-state index in [2.05, 4.69) is 4.98 Å². The van der Waals surface area contributed by atoms with E-state index in [1.807, 2.05) is 0 Å². The predicted octanol–water partition coefficient (Wildman–Crippen LogP) is 1.51. The molecule has 1 heterocycles. The van der Waals surface area contributed by atoms with E-state index in [0.29, 0.717) is 0 Å². The molecule has 0 saturated heterocycles. The molecule has 0 aliphatic heterocycles. The topological polar surface area (TPSA) is 79.8 Å². The number of hydrogen-bond acceptors (Lipinski definition) is 4. The van der Waals surface area contributed by atoms with Crippen LogP contribution < -0.4 is 0 Å². The molecule has 5 nitrogen and oxygen atoms in total. The maximum absolute atomic E-state index is 10.2. The van der Waals surface area contributed by atoms with E-state index in [9.17, 15) is 10.1 Å². The number of nitrogens with zero attached hydrogens (tertiary/aromatic N) is 3. The van der Waals surface area contributed by atoms with Gasteiger partial charge in [-0.15, -0.1) is 0 Å². The van der Waals surface area contributed by atoms with Gasteiger partial charge in [0.15, 0.2) is 0 Å². The number of pyridine rings is 1. The maximum atomic E-state index is 10.2. The zero-order valence-corrected chi connectivity index (χ0v) is 6.45. The number of nitro groups is 1. The molecule has 0 aliphatic carbocycles. The number of aromatic nitrogens is 1. The molecular weight excluding hydrogens is 182 g/mol. The Labute approximate surface area is 72.4 Å². The maximum Gasteiger partial charge on any atom is 0.365 e. The van der Waals surface area contributed by atoms with E-state index in [0.717, 1.165) is 6.07 Å². The minimum absolute atomic E-state index is 0.127. The van der Waals surface area contributed by atoms with Crippen LogP contribution >= 0.6 is 11.6 Å². The van der Waals surface area contributed by atoms with Crippen molar-refractivity contribution in [3.8, 4) is 6.07 Å². The van der Waals surface area contributed by atoms with Crippen LogP contribution in [0.5, 0.6) is 0 Å². The highest BCUT2D eigenvalue weighted by molar-refractivity contribution is 6.30. The van der Waals surface area contributed by atoms with Crippen LogP contribution in [0.4, 0.5) is 5.82 Å². The van der Waals surface area contributed by atoms with Crippen LogP contribution in [0.1, 0.15) is 5.56 Å². The largest absolute Gasteiger partial charge is 0.365 e. The first-order valence-corrected chi connectivity index (χ1v) is 3.24. The van der Waals surface area contributed by atoms with Gasteiger partial charge in [-0.25, -0.2) is 0 Å². The Bertz CT molecular complexity index is 372. The molecule has 0 fully saturated rings. The van der Waals surface area contributed by atoms with Gasteiger partial charge in [-0.2, -0.15) is 5.26 Å². The van der Waals surface area contributed by atoms with Gasteiger partial charge < -0.3 is 10.1 Å². The summed E-state index contributed by atoms with van der Waals surface area (Å²) >= 11 is 5.44. The van der Waals surface area contributed by atoms with Gasteiger partial charge in [-0.05, 0) is 27.6 Å². The first-order valence-electron chi connectivity index (χ1n) is 2.86. The summed E-state index contributed by atoms with van der Waals surface area (Å²) in [7, 11) is 0. The number of hydrogen-bond donors (Lipinski definition) is 0. The molecule has 0 amide bonds. The Morgan fingerprint density at radius 3 is 2.75 bits per heavy atom. The van der Waals surface area contributed by atoms with E-state index in [1.165, 1.54) is 6.07 Å². The lowest BCUT2D eigenvalue weighted by Gasteiger charge is -1.91. The van der Waals surface area contributed by atoms with E-state index < -0.39 is 4.92 Å². The number of nitriles is 1. The quantitative estimate of drug-likeness (QED) is 0.376. The third-order valence-corrected chi connectivity index (χ3v) is 1.43. The average molecular weight is 184 g/mol. The lowest BCUT2D eigenvalue weighted by atomic mass is 10.3. The van der Waals surface area contributed by atoms with Crippen molar-refractivity contribution < 1.29 is 4.92 Å². The van der Waals surface area contributed by atoms with Gasteiger partial charge in [-0.3, -0.25) is 0 Å². The molecule has 0 spiro atoms. The molecule has 12 heavy (non-hydrogen) atoms. The summed E-state index contributed by atoms with van der Waals surface area (Å²) in [5.74, 6) is -0.362. The second-order valence-corrected chi connectivity index (χ2v) is 2.23. The fourth-order valence-electron chi connectivity index (χ4n) is 0.610. The van der Waals surface area contributed by atoms with Crippen LogP contribution in [0.3, 0.4) is 0 Å². The van der Waals surface area contributed by atoms with Crippen molar-refractivity contribution in [2.45, 2.75) is 0 Å². The van der Waals surface area contributed by atoms with Crippen LogP contribution in [0.25, 0.3) is 0 Å². The summed E-state index contributed by atoms with van der Waals surface area (Å²) in [4.78, 5) is 12.9. The normalized spacial score (nSPS) is 9.00. The SMILES string of the molecule is N#Cc1ccc([N+](=O)[O-])nc1Cl. The monoisotopic (exact) mass is 183 g/mol. The molecule has 0 atom stereocenters. The Morgan fingerprint density at radius 2 is 2.33 bits per heavy atom. The second kappa shape index (κ2) is 3.15. The molecule has 0 N–H and O–H groups in total. The molecule has 0 aliphatic rings. The molecule has 0 saturated carbocycles. The molecule has 0 radical (unpaired) electrons. The molecule has 1 aromatic rings. The summed E-state index contributed by atoms with van der Waals surface area (Å²) in [5.41, 5.74) is 0.127. The number of halogens is 1. The van der Waals surface area contributed by atoms with E-state index >= 15 is 0 Å². The first-order chi connectivity index (χ1) is 5.65. The lowest BCUT2D eigenvalue weighted by Crippen LogP contribution is -1.92. The minimum Gasteiger partial charge on any atom is -0.358 e. The molecule has 0 aromatic carbocycles. The molecular formula is C6H2ClN3O2. The fourth-order valence-corrected chi connectivity index (χ4v) is 0.802. The van der Waals surface area contributed by atoms with E-state index in [-0.39, 0.29) is 16.5 Å². The van der Waals surface area contributed by atoms with Crippen LogP contribution in [-0.4, -0.2) is 9.91 Å². The van der Waals surface area contributed by atoms with Gasteiger partial charge in [0.05, 0.1) is 0 Å². The van der Waals surface area contributed by atoms with Crippen molar-refractivity contribution in [3.63, 3.8) is 0 Å². The first kappa shape index (κ1) is 8.43.